The van der Waals surface area contributed by atoms with Crippen molar-refractivity contribution < 1.29 is 4.39 Å². The molecule has 100 valence electrons. The molecule has 2 aromatic rings. The molecule has 0 saturated heterocycles. The first kappa shape index (κ1) is 14.5. The van der Waals surface area contributed by atoms with Crippen LogP contribution >= 0.6 is 27.5 Å². The molecule has 1 unspecified atom stereocenters. The lowest BCUT2D eigenvalue weighted by atomic mass is 9.94. The molecule has 0 bridgehead atoms. The van der Waals surface area contributed by atoms with Crippen LogP contribution < -0.4 is 0 Å². The van der Waals surface area contributed by atoms with Crippen LogP contribution in [0.25, 0.3) is 0 Å². The molecule has 19 heavy (non-hydrogen) atoms. The Labute approximate surface area is 126 Å². The van der Waals surface area contributed by atoms with Gasteiger partial charge in [-0.1, -0.05) is 52.3 Å². The highest BCUT2D eigenvalue weighted by molar-refractivity contribution is 9.10. The lowest BCUT2D eigenvalue weighted by Gasteiger charge is -2.15. The molecule has 0 saturated carbocycles. The molecule has 2 rings (SSSR count). The predicted molar refractivity (Wildman–Crippen MR) is 82.2 cm³/mol. The Morgan fingerprint density at radius 2 is 1.53 bits per heavy atom. The molecule has 0 aromatic heterocycles. The van der Waals surface area contributed by atoms with Gasteiger partial charge in [0.05, 0.1) is 0 Å². The van der Waals surface area contributed by atoms with Gasteiger partial charge in [0.1, 0.15) is 5.82 Å². The third kappa shape index (κ3) is 4.05. The molecular weight excluding hydrogens is 327 g/mol. The van der Waals surface area contributed by atoms with Crippen LogP contribution in [-0.2, 0) is 12.8 Å². The van der Waals surface area contributed by atoms with Crippen LogP contribution in [-0.4, -0.2) is 5.88 Å². The fourth-order valence-electron chi connectivity index (χ4n) is 2.13. The van der Waals surface area contributed by atoms with E-state index < -0.39 is 0 Å². The van der Waals surface area contributed by atoms with Gasteiger partial charge < -0.3 is 0 Å². The zero-order valence-corrected chi connectivity index (χ0v) is 12.8. The van der Waals surface area contributed by atoms with E-state index in [2.05, 4.69) is 22.0 Å². The number of hydrogen-bond acceptors (Lipinski definition) is 0. The maximum Gasteiger partial charge on any atom is 0.126 e. The second kappa shape index (κ2) is 7.06. The molecule has 0 amide bonds. The second-order valence-electron chi connectivity index (χ2n) is 4.61. The molecule has 2 aromatic carbocycles. The normalized spacial score (nSPS) is 12.4. The highest BCUT2D eigenvalue weighted by Gasteiger charge is 2.13. The summed E-state index contributed by atoms with van der Waals surface area (Å²) < 4.78 is 14.7. The van der Waals surface area contributed by atoms with Crippen molar-refractivity contribution in [2.75, 3.05) is 5.88 Å². The maximum absolute atomic E-state index is 13.7. The van der Waals surface area contributed by atoms with E-state index >= 15 is 0 Å². The first-order chi connectivity index (χ1) is 9.20. The van der Waals surface area contributed by atoms with E-state index in [0.717, 1.165) is 16.5 Å². The smallest absolute Gasteiger partial charge is 0.126 e. The maximum atomic E-state index is 13.7. The van der Waals surface area contributed by atoms with E-state index in [1.54, 1.807) is 6.07 Å². The molecule has 0 N–H and O–H groups in total. The van der Waals surface area contributed by atoms with Crippen LogP contribution in [0.5, 0.6) is 0 Å². The van der Waals surface area contributed by atoms with E-state index in [1.165, 1.54) is 11.6 Å². The average molecular weight is 342 g/mol. The summed E-state index contributed by atoms with van der Waals surface area (Å²) >= 11 is 9.57. The highest BCUT2D eigenvalue weighted by atomic mass is 79.9. The fraction of sp³-hybridized carbons (Fsp3) is 0.250. The van der Waals surface area contributed by atoms with Crippen molar-refractivity contribution in [3.8, 4) is 0 Å². The summed E-state index contributed by atoms with van der Waals surface area (Å²) in [5, 5.41) is 0. The Balaban J connectivity index is 2.09. The minimum atomic E-state index is -0.148. The Kier molecular flexibility index (Phi) is 5.41. The molecule has 1 atom stereocenters. The van der Waals surface area contributed by atoms with Gasteiger partial charge in [0.2, 0.25) is 0 Å². The molecule has 3 heteroatoms. The first-order valence-corrected chi connectivity index (χ1v) is 7.56. The van der Waals surface area contributed by atoms with Gasteiger partial charge in [-0.3, -0.25) is 0 Å². The molecule has 0 aliphatic heterocycles. The third-order valence-corrected chi connectivity index (χ3v) is 4.36. The van der Waals surface area contributed by atoms with Crippen molar-refractivity contribution in [2.24, 2.45) is 5.92 Å². The lowest BCUT2D eigenvalue weighted by Crippen LogP contribution is -2.11. The zero-order valence-electron chi connectivity index (χ0n) is 10.5. The largest absolute Gasteiger partial charge is 0.207 e. The van der Waals surface area contributed by atoms with Crippen LogP contribution in [0.15, 0.2) is 53.0 Å². The van der Waals surface area contributed by atoms with Gasteiger partial charge in [-0.2, -0.15) is 0 Å². The van der Waals surface area contributed by atoms with Gasteiger partial charge in [-0.15, -0.1) is 11.6 Å². The van der Waals surface area contributed by atoms with Crippen molar-refractivity contribution >= 4 is 27.5 Å². The molecule has 0 radical (unpaired) electrons. The summed E-state index contributed by atoms with van der Waals surface area (Å²) in [6.07, 6.45) is 1.51. The summed E-state index contributed by atoms with van der Waals surface area (Å²) in [4.78, 5) is 0. The van der Waals surface area contributed by atoms with Gasteiger partial charge in [0, 0.05) is 10.4 Å². The molecule has 0 spiro atoms. The van der Waals surface area contributed by atoms with E-state index in [4.69, 9.17) is 11.6 Å². The summed E-state index contributed by atoms with van der Waals surface area (Å²) in [5.74, 6) is 0.609. The van der Waals surface area contributed by atoms with Gasteiger partial charge in [0.15, 0.2) is 0 Å². The molecule has 0 aliphatic carbocycles. The quantitative estimate of drug-likeness (QED) is 0.653. The van der Waals surface area contributed by atoms with Crippen molar-refractivity contribution in [3.63, 3.8) is 0 Å². The van der Waals surface area contributed by atoms with Crippen LogP contribution in [0.2, 0.25) is 0 Å². The van der Waals surface area contributed by atoms with Crippen molar-refractivity contribution in [1.82, 2.24) is 0 Å². The summed E-state index contributed by atoms with van der Waals surface area (Å²) in [6, 6.07) is 15.0. The number of rotatable bonds is 5. The SMILES string of the molecule is Fc1ccccc1CC(CCl)Cc1ccccc1Br. The molecule has 0 heterocycles. The van der Waals surface area contributed by atoms with Crippen LogP contribution in [0, 0.1) is 11.7 Å². The molecular formula is C16H15BrClF. The van der Waals surface area contributed by atoms with Crippen molar-refractivity contribution in [3.05, 3.63) is 69.9 Å². The van der Waals surface area contributed by atoms with E-state index in [0.29, 0.717) is 12.3 Å². The van der Waals surface area contributed by atoms with Crippen molar-refractivity contribution in [2.45, 2.75) is 12.8 Å². The number of halogens is 3. The summed E-state index contributed by atoms with van der Waals surface area (Å²) in [6.45, 7) is 0. The Morgan fingerprint density at radius 3 is 2.16 bits per heavy atom. The molecule has 0 aliphatic rings. The van der Waals surface area contributed by atoms with Crippen molar-refractivity contribution in [1.29, 1.82) is 0 Å². The van der Waals surface area contributed by atoms with Gasteiger partial charge in [-0.05, 0) is 42.0 Å². The van der Waals surface area contributed by atoms with E-state index in [9.17, 15) is 4.39 Å². The predicted octanol–water partition coefficient (Wildman–Crippen LogP) is 5.23. The Bertz CT molecular complexity index is 494. The van der Waals surface area contributed by atoms with Crippen LogP contribution in [0.3, 0.4) is 0 Å². The summed E-state index contributed by atoms with van der Waals surface area (Å²) in [5.41, 5.74) is 1.95. The Hall–Kier alpha value is -0.860. The van der Waals surface area contributed by atoms with Gasteiger partial charge in [-0.25, -0.2) is 4.39 Å². The first-order valence-electron chi connectivity index (χ1n) is 6.23. The topological polar surface area (TPSA) is 0 Å². The van der Waals surface area contributed by atoms with E-state index in [-0.39, 0.29) is 11.7 Å². The van der Waals surface area contributed by atoms with Crippen LogP contribution in [0.1, 0.15) is 11.1 Å². The fourth-order valence-corrected chi connectivity index (χ4v) is 2.80. The van der Waals surface area contributed by atoms with E-state index in [1.807, 2.05) is 30.3 Å². The monoisotopic (exact) mass is 340 g/mol. The second-order valence-corrected chi connectivity index (χ2v) is 5.77. The average Bonchev–Trinajstić information content (AvgIpc) is 2.42. The molecule has 0 nitrogen and oxygen atoms in total. The molecule has 0 fully saturated rings. The number of benzene rings is 2. The number of alkyl halides is 1. The lowest BCUT2D eigenvalue weighted by molar-refractivity contribution is 0.545. The third-order valence-electron chi connectivity index (χ3n) is 3.15. The standard InChI is InChI=1S/C16H15BrClF/c17-15-7-3-1-5-13(15)9-12(11-18)10-14-6-2-4-8-16(14)19/h1-8,12H,9-11H2. The summed E-state index contributed by atoms with van der Waals surface area (Å²) in [7, 11) is 0. The van der Waals surface area contributed by atoms with Crippen LogP contribution in [0.4, 0.5) is 4.39 Å². The zero-order chi connectivity index (χ0) is 13.7. The van der Waals surface area contributed by atoms with Gasteiger partial charge in [0.25, 0.3) is 0 Å². The highest BCUT2D eigenvalue weighted by Crippen LogP contribution is 2.23. The number of hydrogen-bond donors (Lipinski definition) is 0. The van der Waals surface area contributed by atoms with Gasteiger partial charge >= 0.3 is 0 Å². The minimum Gasteiger partial charge on any atom is -0.207 e. The Morgan fingerprint density at radius 1 is 0.947 bits per heavy atom. The minimum absolute atomic E-state index is 0.148.